The summed E-state index contributed by atoms with van der Waals surface area (Å²) in [5, 5.41) is 4.19. The SMILES string of the molecule is CCN(CC)P(=S)(c1ccc(C=NNC(N)=S)s1)N(CC)CC. The van der Waals surface area contributed by atoms with Gasteiger partial charge in [-0.1, -0.05) is 39.5 Å². The molecular weight excluding hydrogens is 365 g/mol. The number of thiocarbonyl (C=S) groups is 1. The predicted octanol–water partition coefficient (Wildman–Crippen LogP) is 2.53. The summed E-state index contributed by atoms with van der Waals surface area (Å²) in [7, 11) is 0. The third kappa shape index (κ3) is 5.05. The molecule has 1 heterocycles. The van der Waals surface area contributed by atoms with Gasteiger partial charge in [-0.15, -0.1) is 11.3 Å². The minimum absolute atomic E-state index is 0.162. The second kappa shape index (κ2) is 9.81. The van der Waals surface area contributed by atoms with E-state index in [4.69, 9.17) is 29.8 Å². The summed E-state index contributed by atoms with van der Waals surface area (Å²) >= 11 is 12.7. The zero-order chi connectivity index (χ0) is 17.5. The smallest absolute Gasteiger partial charge is 0.184 e. The summed E-state index contributed by atoms with van der Waals surface area (Å²) in [6.45, 7) is 12.5. The molecule has 0 fully saturated rings. The van der Waals surface area contributed by atoms with Crippen LogP contribution in [0.15, 0.2) is 17.2 Å². The molecule has 0 saturated carbocycles. The molecule has 0 unspecified atom stereocenters. The van der Waals surface area contributed by atoms with Gasteiger partial charge in [-0.3, -0.25) is 14.8 Å². The molecule has 1 rings (SSSR count). The van der Waals surface area contributed by atoms with Crippen LogP contribution >= 0.6 is 29.9 Å². The monoisotopic (exact) mass is 391 g/mol. The summed E-state index contributed by atoms with van der Waals surface area (Å²) < 4.78 is 6.10. The average molecular weight is 392 g/mol. The quantitative estimate of drug-likeness (QED) is 0.292. The van der Waals surface area contributed by atoms with Crippen molar-refractivity contribution in [2.45, 2.75) is 27.7 Å². The maximum absolute atomic E-state index is 6.25. The molecule has 0 spiro atoms. The van der Waals surface area contributed by atoms with Gasteiger partial charge in [-0.05, 0) is 24.4 Å². The van der Waals surface area contributed by atoms with Crippen molar-refractivity contribution in [3.63, 3.8) is 0 Å². The van der Waals surface area contributed by atoms with Crippen molar-refractivity contribution in [2.24, 2.45) is 10.8 Å². The van der Waals surface area contributed by atoms with Crippen LogP contribution in [-0.2, 0) is 11.8 Å². The first-order valence-corrected chi connectivity index (χ1v) is 11.7. The van der Waals surface area contributed by atoms with Gasteiger partial charge in [0.1, 0.15) is 6.34 Å². The number of hydrogen-bond acceptors (Lipinski definition) is 4. The molecule has 0 bridgehead atoms. The van der Waals surface area contributed by atoms with E-state index in [9.17, 15) is 0 Å². The van der Waals surface area contributed by atoms with E-state index in [1.54, 1.807) is 17.6 Å². The summed E-state index contributed by atoms with van der Waals surface area (Å²) in [5.41, 5.74) is 7.95. The molecule has 9 heteroatoms. The lowest BCUT2D eigenvalue weighted by atomic mass is 10.5. The topological polar surface area (TPSA) is 56.9 Å². The molecule has 1 aromatic heterocycles. The molecular formula is C14H26N5PS3. The van der Waals surface area contributed by atoms with Crippen LogP contribution in [0.25, 0.3) is 0 Å². The van der Waals surface area contributed by atoms with Gasteiger partial charge in [0.15, 0.2) is 5.11 Å². The second-order valence-electron chi connectivity index (χ2n) is 4.73. The first-order chi connectivity index (χ1) is 10.9. The van der Waals surface area contributed by atoms with Gasteiger partial charge >= 0.3 is 0 Å². The van der Waals surface area contributed by atoms with Crippen molar-refractivity contribution in [1.82, 2.24) is 14.8 Å². The maximum atomic E-state index is 6.25. The zero-order valence-corrected chi connectivity index (χ0v) is 17.5. The van der Waals surface area contributed by atoms with Crippen molar-refractivity contribution in [1.29, 1.82) is 0 Å². The first kappa shape index (κ1) is 20.7. The molecule has 0 amide bonds. The van der Waals surface area contributed by atoms with Crippen molar-refractivity contribution in [3.05, 3.63) is 17.0 Å². The lowest BCUT2D eigenvalue weighted by molar-refractivity contribution is 0.428. The van der Waals surface area contributed by atoms with Gasteiger partial charge in [0.2, 0.25) is 0 Å². The van der Waals surface area contributed by atoms with E-state index < -0.39 is 6.34 Å². The Morgan fingerprint density at radius 1 is 1.22 bits per heavy atom. The number of thiophene rings is 1. The number of hydrazone groups is 1. The number of nitrogens with zero attached hydrogens (tertiary/aromatic N) is 3. The lowest BCUT2D eigenvalue weighted by Crippen LogP contribution is -2.36. The van der Waals surface area contributed by atoms with E-state index in [0.717, 1.165) is 31.1 Å². The highest BCUT2D eigenvalue weighted by atomic mass is 32.4. The van der Waals surface area contributed by atoms with E-state index in [1.165, 1.54) is 4.62 Å². The van der Waals surface area contributed by atoms with Crippen LogP contribution in [-0.4, -0.2) is 46.8 Å². The van der Waals surface area contributed by atoms with Gasteiger partial charge < -0.3 is 5.73 Å². The predicted molar refractivity (Wildman–Crippen MR) is 112 cm³/mol. The molecule has 0 saturated heterocycles. The minimum Gasteiger partial charge on any atom is -0.375 e. The van der Waals surface area contributed by atoms with Crippen LogP contribution < -0.4 is 15.8 Å². The lowest BCUT2D eigenvalue weighted by Gasteiger charge is -2.40. The molecule has 0 aromatic carbocycles. The molecule has 0 aliphatic rings. The fraction of sp³-hybridized carbons (Fsp3) is 0.571. The third-order valence-electron chi connectivity index (χ3n) is 3.49. The molecule has 0 atom stereocenters. The van der Waals surface area contributed by atoms with Gasteiger partial charge in [0.25, 0.3) is 0 Å². The highest BCUT2D eigenvalue weighted by Crippen LogP contribution is 2.53. The van der Waals surface area contributed by atoms with E-state index in [0.29, 0.717) is 0 Å². The summed E-state index contributed by atoms with van der Waals surface area (Å²) in [4.78, 5) is 1.04. The normalized spacial score (nSPS) is 12.4. The number of nitrogens with one attached hydrogen (secondary N) is 1. The second-order valence-corrected chi connectivity index (χ2v) is 10.8. The Morgan fingerprint density at radius 3 is 2.17 bits per heavy atom. The van der Waals surface area contributed by atoms with Gasteiger partial charge in [-0.2, -0.15) is 5.10 Å². The molecule has 0 radical (unpaired) electrons. The maximum Gasteiger partial charge on any atom is 0.184 e. The summed E-state index contributed by atoms with van der Waals surface area (Å²) in [6.07, 6.45) is -0.203. The Hall–Kier alpha value is -0.370. The molecule has 0 aliphatic carbocycles. The molecule has 0 aliphatic heterocycles. The Balaban J connectivity index is 3.18. The Morgan fingerprint density at radius 2 is 1.74 bits per heavy atom. The van der Waals surface area contributed by atoms with Crippen molar-refractivity contribution in [2.75, 3.05) is 26.2 Å². The molecule has 1 aromatic rings. The molecule has 130 valence electrons. The summed E-state index contributed by atoms with van der Waals surface area (Å²) in [5.74, 6) is 0. The number of nitrogens with two attached hydrogens (primary N) is 1. The Labute approximate surface area is 154 Å². The molecule has 5 nitrogen and oxygen atoms in total. The van der Waals surface area contributed by atoms with Gasteiger partial charge in [0, 0.05) is 31.1 Å². The van der Waals surface area contributed by atoms with E-state index in [1.807, 2.05) is 0 Å². The number of hydrogen-bond donors (Lipinski definition) is 2. The number of rotatable bonds is 9. The van der Waals surface area contributed by atoms with Crippen molar-refractivity contribution < 1.29 is 0 Å². The fourth-order valence-corrected chi connectivity index (χ4v) is 9.18. The van der Waals surface area contributed by atoms with Crippen molar-refractivity contribution >= 4 is 57.6 Å². The fourth-order valence-electron chi connectivity index (χ4n) is 2.40. The largest absolute Gasteiger partial charge is 0.375 e. The van der Waals surface area contributed by atoms with Crippen LogP contribution in [0.5, 0.6) is 0 Å². The van der Waals surface area contributed by atoms with Gasteiger partial charge in [-0.25, -0.2) is 0 Å². The van der Waals surface area contributed by atoms with Gasteiger partial charge in [0.05, 0.1) is 10.8 Å². The van der Waals surface area contributed by atoms with Crippen LogP contribution in [0.4, 0.5) is 0 Å². The Bertz CT molecular complexity index is 563. The van der Waals surface area contributed by atoms with E-state index in [2.05, 4.69) is 59.7 Å². The molecule has 23 heavy (non-hydrogen) atoms. The Kier molecular flexibility index (Phi) is 8.82. The van der Waals surface area contributed by atoms with Crippen molar-refractivity contribution in [3.8, 4) is 0 Å². The highest BCUT2D eigenvalue weighted by molar-refractivity contribution is 8.17. The van der Waals surface area contributed by atoms with Crippen LogP contribution in [0, 0.1) is 0 Å². The minimum atomic E-state index is -1.94. The average Bonchev–Trinajstić information content (AvgIpc) is 2.98. The van der Waals surface area contributed by atoms with E-state index in [-0.39, 0.29) is 5.11 Å². The standard InChI is InChI=1S/C14H26N5PS3/c1-5-18(6-2)20(22,19(7-3)8-4)13-10-9-12(23-13)11-16-17-14(15)21/h9-11H,5-8H2,1-4H3,(H3,15,17,21). The first-order valence-electron chi connectivity index (χ1n) is 7.73. The van der Waals surface area contributed by atoms with Crippen LogP contribution in [0.1, 0.15) is 32.6 Å². The third-order valence-corrected chi connectivity index (χ3v) is 11.2. The van der Waals surface area contributed by atoms with Crippen LogP contribution in [0.3, 0.4) is 0 Å². The highest BCUT2D eigenvalue weighted by Gasteiger charge is 2.32. The zero-order valence-electron chi connectivity index (χ0n) is 14.2. The summed E-state index contributed by atoms with van der Waals surface area (Å²) in [6, 6.07) is 4.20. The van der Waals surface area contributed by atoms with Crippen LogP contribution in [0.2, 0.25) is 0 Å². The van der Waals surface area contributed by atoms with E-state index >= 15 is 0 Å². The molecule has 3 N–H and O–H groups in total.